The number of hydrogen-bond acceptors (Lipinski definition) is 9. The molecule has 0 radical (unpaired) electrons. The van der Waals surface area contributed by atoms with Crippen LogP contribution in [0.25, 0.3) is 0 Å². The van der Waals surface area contributed by atoms with E-state index in [1.165, 1.54) is 6.08 Å². The van der Waals surface area contributed by atoms with Crippen molar-refractivity contribution in [1.29, 1.82) is 0 Å². The maximum Gasteiger partial charge on any atom is 0.319 e. The van der Waals surface area contributed by atoms with Crippen LogP contribution in [0.3, 0.4) is 0 Å². The molecule has 12 nitrogen and oxygen atoms in total. The first-order chi connectivity index (χ1) is 18.1. The summed E-state index contributed by atoms with van der Waals surface area (Å²) in [5, 5.41) is 26.5. The molecule has 0 aromatic carbocycles. The second kappa shape index (κ2) is 15.4. The topological polar surface area (TPSA) is 187 Å². The lowest BCUT2D eigenvalue weighted by Crippen LogP contribution is -2.41. The smallest absolute Gasteiger partial charge is 0.319 e. The molecule has 0 aliphatic heterocycles. The lowest BCUT2D eigenvalue weighted by molar-refractivity contribution is -0.133. The number of amides is 4. The molecule has 16 heteroatoms. The van der Waals surface area contributed by atoms with Crippen LogP contribution in [0.4, 0.5) is 18.6 Å². The van der Waals surface area contributed by atoms with Crippen LogP contribution in [0.1, 0.15) is 35.3 Å². The van der Waals surface area contributed by atoms with Crippen molar-refractivity contribution in [3.8, 4) is 0 Å². The van der Waals surface area contributed by atoms with Gasteiger partial charge in [-0.05, 0) is 30.5 Å². The molecule has 1 unspecified atom stereocenters. The molecular formula is C22H27BrF2N6O6S. The van der Waals surface area contributed by atoms with Gasteiger partial charge in [-0.3, -0.25) is 14.9 Å². The van der Waals surface area contributed by atoms with E-state index in [1.54, 1.807) is 0 Å². The van der Waals surface area contributed by atoms with Crippen molar-refractivity contribution in [2.24, 2.45) is 10.9 Å². The molecule has 4 amide bonds. The van der Waals surface area contributed by atoms with Gasteiger partial charge in [0.15, 0.2) is 0 Å². The zero-order valence-corrected chi connectivity index (χ0v) is 22.5. The quantitative estimate of drug-likeness (QED) is 0.197. The van der Waals surface area contributed by atoms with Crippen LogP contribution in [0.2, 0.25) is 0 Å². The van der Waals surface area contributed by atoms with Gasteiger partial charge in [0, 0.05) is 36.1 Å². The van der Waals surface area contributed by atoms with Gasteiger partial charge < -0.3 is 26.2 Å². The number of primary amides is 1. The molecule has 2 rings (SSSR count). The Morgan fingerprint density at radius 1 is 1.29 bits per heavy atom. The van der Waals surface area contributed by atoms with Gasteiger partial charge >= 0.3 is 6.03 Å². The fourth-order valence-corrected chi connectivity index (χ4v) is 4.64. The van der Waals surface area contributed by atoms with E-state index in [9.17, 15) is 33.2 Å². The third-order valence-electron chi connectivity index (χ3n) is 5.30. The molecule has 0 fully saturated rings. The van der Waals surface area contributed by atoms with Crippen LogP contribution >= 0.6 is 27.5 Å². The van der Waals surface area contributed by atoms with Gasteiger partial charge in [-0.2, -0.15) is 9.28 Å². The molecule has 1 aromatic heterocycles. The Labute approximate surface area is 228 Å². The second-order valence-corrected chi connectivity index (χ2v) is 9.71. The van der Waals surface area contributed by atoms with Crippen LogP contribution in [0.15, 0.2) is 39.0 Å². The van der Waals surface area contributed by atoms with Gasteiger partial charge in [0.25, 0.3) is 5.91 Å². The number of aryl methyl sites for hydroxylation is 1. The summed E-state index contributed by atoms with van der Waals surface area (Å²) >= 11 is 3.86. The van der Waals surface area contributed by atoms with Crippen molar-refractivity contribution in [2.75, 3.05) is 38.1 Å². The average molecular weight is 621 g/mol. The molecule has 0 saturated carbocycles. The Hall–Kier alpha value is -3.08. The third kappa shape index (κ3) is 9.34. The fraction of sp³-hybridized carbons (Fsp3) is 0.455. The van der Waals surface area contributed by atoms with Gasteiger partial charge in [0.1, 0.15) is 16.7 Å². The summed E-state index contributed by atoms with van der Waals surface area (Å²) in [5.41, 5.74) is 5.34. The van der Waals surface area contributed by atoms with Crippen molar-refractivity contribution in [2.45, 2.75) is 31.8 Å². The minimum absolute atomic E-state index is 0.00166. The zero-order chi connectivity index (χ0) is 28.2. The monoisotopic (exact) mass is 620 g/mol. The number of carbonyl (C=O) groups is 3. The van der Waals surface area contributed by atoms with Gasteiger partial charge in [-0.15, -0.1) is 0 Å². The molecule has 0 bridgehead atoms. The van der Waals surface area contributed by atoms with E-state index in [4.69, 9.17) is 10.8 Å². The highest BCUT2D eigenvalue weighted by Crippen LogP contribution is 2.32. The number of carbonyl (C=O) groups excluding carboxylic acids is 3. The summed E-state index contributed by atoms with van der Waals surface area (Å²) in [4.78, 5) is 48.0. The number of nitrogens with two attached hydrogens (primary N) is 1. The number of rotatable bonds is 14. The van der Waals surface area contributed by atoms with E-state index in [0.717, 1.165) is 22.5 Å². The minimum Gasteiger partial charge on any atom is -0.395 e. The Morgan fingerprint density at radius 3 is 2.68 bits per heavy atom. The molecule has 38 heavy (non-hydrogen) atoms. The number of nitroso groups, excluding NO2 is 1. The first kappa shape index (κ1) is 31.1. The van der Waals surface area contributed by atoms with Crippen molar-refractivity contribution < 1.29 is 33.4 Å². The standard InChI is InChI=1S/C22H27BrF2N6O6S/c23-12-1-3-15(24)14(16(25)9-12)2-4-17-19(20(26)35)21(38-30-17)29-22(36)27-11-13(33)10-18(34)31(7-8-32)6-5-28-37/h1,9,13,32-33H,2-8,10-11H2,(H2,26,35)(H2,27,29,36). The molecule has 208 valence electrons. The number of nitrogens with one attached hydrogen (secondary N) is 2. The number of halogens is 3. The average Bonchev–Trinajstić information content (AvgIpc) is 3.20. The van der Waals surface area contributed by atoms with Crippen molar-refractivity contribution >= 4 is 50.3 Å². The Kier molecular flexibility index (Phi) is 12.6. The summed E-state index contributed by atoms with van der Waals surface area (Å²) < 4.78 is 33.2. The van der Waals surface area contributed by atoms with Crippen LogP contribution in [-0.2, 0) is 11.2 Å². The molecular weight excluding hydrogens is 594 g/mol. The van der Waals surface area contributed by atoms with E-state index >= 15 is 0 Å². The highest BCUT2D eigenvalue weighted by atomic mass is 79.9. The Bertz CT molecular complexity index is 1140. The predicted octanol–water partition coefficient (Wildman–Crippen LogP) is 2.39. The number of urea groups is 1. The first-order valence-corrected chi connectivity index (χ1v) is 12.9. The number of nitrogens with zero attached hydrogens (tertiary/aromatic N) is 3. The summed E-state index contributed by atoms with van der Waals surface area (Å²) in [5.74, 6) is -2.86. The number of aliphatic hydroxyl groups is 2. The normalized spacial score (nSPS) is 14.2. The van der Waals surface area contributed by atoms with Gasteiger partial charge in [0.05, 0.1) is 36.9 Å². The summed E-state index contributed by atoms with van der Waals surface area (Å²) in [6.07, 6.45) is 0.720. The van der Waals surface area contributed by atoms with Crippen molar-refractivity contribution in [3.05, 3.63) is 50.0 Å². The van der Waals surface area contributed by atoms with Crippen LogP contribution < -0.4 is 16.4 Å². The number of aliphatic hydroxyl groups excluding tert-OH is 2. The lowest BCUT2D eigenvalue weighted by atomic mass is 10.0. The molecule has 0 saturated heterocycles. The molecule has 1 aliphatic rings. The van der Waals surface area contributed by atoms with E-state index in [-0.39, 0.29) is 80.3 Å². The maximum atomic E-state index is 14.4. The van der Waals surface area contributed by atoms with E-state index < -0.39 is 35.6 Å². The second-order valence-electron chi connectivity index (χ2n) is 8.02. The van der Waals surface area contributed by atoms with Gasteiger partial charge in [-0.25, -0.2) is 13.6 Å². The fourth-order valence-electron chi connectivity index (χ4n) is 3.44. The summed E-state index contributed by atoms with van der Waals surface area (Å²) in [7, 11) is 0. The molecule has 0 spiro atoms. The lowest BCUT2D eigenvalue weighted by Gasteiger charge is -2.22. The highest BCUT2D eigenvalue weighted by molar-refractivity contribution is 9.11. The Balaban J connectivity index is 1.97. The number of anilines is 1. The van der Waals surface area contributed by atoms with Gasteiger partial charge in [0.2, 0.25) is 5.91 Å². The minimum atomic E-state index is -1.29. The number of aromatic nitrogens is 1. The van der Waals surface area contributed by atoms with Crippen LogP contribution in [0.5, 0.6) is 0 Å². The SMILES string of the molecule is NC(=O)c1c(CCC2=C(F)CC=C(Br)C=C2F)nsc1NC(=O)NCC(O)CC(=O)N(CCO)CCN=O. The summed E-state index contributed by atoms with van der Waals surface area (Å²) in [6.45, 7) is -0.909. The Morgan fingerprint density at radius 2 is 2.03 bits per heavy atom. The third-order valence-corrected chi connectivity index (χ3v) is 6.65. The largest absolute Gasteiger partial charge is 0.395 e. The first-order valence-electron chi connectivity index (χ1n) is 11.4. The van der Waals surface area contributed by atoms with Crippen molar-refractivity contribution in [1.82, 2.24) is 14.6 Å². The van der Waals surface area contributed by atoms with Crippen LogP contribution in [-0.4, -0.2) is 76.2 Å². The highest BCUT2D eigenvalue weighted by Gasteiger charge is 2.23. The predicted molar refractivity (Wildman–Crippen MR) is 140 cm³/mol. The number of hydrogen-bond donors (Lipinski definition) is 5. The molecule has 1 heterocycles. The molecule has 6 N–H and O–H groups in total. The number of allylic oxidation sites excluding steroid dienone is 6. The summed E-state index contributed by atoms with van der Waals surface area (Å²) in [6, 6.07) is -0.825. The van der Waals surface area contributed by atoms with Crippen LogP contribution in [0, 0.1) is 4.91 Å². The molecule has 1 aliphatic carbocycles. The molecule has 1 atom stereocenters. The van der Waals surface area contributed by atoms with E-state index in [2.05, 4.69) is 36.1 Å². The van der Waals surface area contributed by atoms with Gasteiger partial charge in [-0.1, -0.05) is 27.2 Å². The van der Waals surface area contributed by atoms with E-state index in [1.807, 2.05) is 0 Å². The van der Waals surface area contributed by atoms with E-state index in [0.29, 0.717) is 4.48 Å². The maximum absolute atomic E-state index is 14.4. The van der Waals surface area contributed by atoms with Crippen molar-refractivity contribution in [3.63, 3.8) is 0 Å². The molecule has 1 aromatic rings. The zero-order valence-electron chi connectivity index (χ0n) is 20.1.